The normalized spacial score (nSPS) is 15.5. The molecule has 0 aromatic carbocycles. The lowest BCUT2D eigenvalue weighted by molar-refractivity contribution is -0.121. The number of unbranched alkanes of at least 4 members (excludes halogenated alkanes) is 3. The fourth-order valence-corrected chi connectivity index (χ4v) is 2.85. The third-order valence-corrected chi connectivity index (χ3v) is 4.48. The smallest absolute Gasteiger partial charge is 0.220 e. The van der Waals surface area contributed by atoms with Crippen LogP contribution in [0.3, 0.4) is 0 Å². The Morgan fingerprint density at radius 1 is 1.21 bits per heavy atom. The highest BCUT2D eigenvalue weighted by molar-refractivity contribution is 5.75. The summed E-state index contributed by atoms with van der Waals surface area (Å²) in [6, 6.07) is 4.06. The van der Waals surface area contributed by atoms with E-state index in [1.165, 1.54) is 0 Å². The van der Waals surface area contributed by atoms with E-state index in [1.54, 1.807) is 0 Å². The Bertz CT molecular complexity index is 500. The number of nitrogens with two attached hydrogens (primary N) is 1. The lowest BCUT2D eigenvalue weighted by Crippen LogP contribution is -2.44. The van der Waals surface area contributed by atoms with Crippen molar-refractivity contribution in [3.05, 3.63) is 23.9 Å². The van der Waals surface area contributed by atoms with Crippen molar-refractivity contribution in [3.63, 3.8) is 0 Å². The summed E-state index contributed by atoms with van der Waals surface area (Å²) < 4.78 is 0. The zero-order valence-corrected chi connectivity index (χ0v) is 14.8. The van der Waals surface area contributed by atoms with Crippen LogP contribution in [0, 0.1) is 0 Å². The van der Waals surface area contributed by atoms with Gasteiger partial charge in [-0.2, -0.15) is 0 Å². The summed E-state index contributed by atoms with van der Waals surface area (Å²) in [6.45, 7) is 5.44. The van der Waals surface area contributed by atoms with Gasteiger partial charge >= 0.3 is 0 Å². The number of anilines is 1. The molecule has 0 unspecified atom stereocenters. The molecule has 1 amide bonds. The molecule has 1 fully saturated rings. The highest BCUT2D eigenvalue weighted by Crippen LogP contribution is 2.14. The molecule has 2 rings (SSSR count). The summed E-state index contributed by atoms with van der Waals surface area (Å²) in [6.07, 6.45) is 6.61. The average molecular weight is 333 g/mol. The topological polar surface area (TPSA) is 74.5 Å². The molecule has 134 valence electrons. The minimum atomic E-state index is 0.126. The number of aromatic nitrogens is 1. The van der Waals surface area contributed by atoms with Crippen molar-refractivity contribution in [1.29, 1.82) is 0 Å². The van der Waals surface area contributed by atoms with E-state index in [9.17, 15) is 4.79 Å². The van der Waals surface area contributed by atoms with Gasteiger partial charge in [0.05, 0.1) is 0 Å². The first-order valence-corrected chi connectivity index (χ1v) is 9.04. The summed E-state index contributed by atoms with van der Waals surface area (Å²) >= 11 is 0. The summed E-state index contributed by atoms with van der Waals surface area (Å²) in [4.78, 5) is 21.0. The van der Waals surface area contributed by atoms with Crippen molar-refractivity contribution in [2.24, 2.45) is 5.73 Å². The SMILES string of the molecule is CN1CCN(c2cc(CNC(=O)CCCCCCN)ccn2)CC1. The molecule has 2 heterocycles. The van der Waals surface area contributed by atoms with Crippen LogP contribution in [0.25, 0.3) is 0 Å². The van der Waals surface area contributed by atoms with Gasteiger partial charge in [-0.25, -0.2) is 4.98 Å². The maximum Gasteiger partial charge on any atom is 0.220 e. The van der Waals surface area contributed by atoms with Crippen molar-refractivity contribution in [2.75, 3.05) is 44.7 Å². The number of piperazine rings is 1. The van der Waals surface area contributed by atoms with Gasteiger partial charge in [0.1, 0.15) is 5.82 Å². The van der Waals surface area contributed by atoms with Crippen molar-refractivity contribution < 1.29 is 4.79 Å². The number of carbonyl (C=O) groups excluding carboxylic acids is 1. The number of hydrogen-bond donors (Lipinski definition) is 2. The van der Waals surface area contributed by atoms with Crippen LogP contribution in [-0.2, 0) is 11.3 Å². The van der Waals surface area contributed by atoms with Crippen LogP contribution in [0.15, 0.2) is 18.3 Å². The van der Waals surface area contributed by atoms with Gasteiger partial charge in [-0.3, -0.25) is 4.79 Å². The molecule has 6 nitrogen and oxygen atoms in total. The monoisotopic (exact) mass is 333 g/mol. The number of pyridine rings is 1. The van der Waals surface area contributed by atoms with Crippen LogP contribution in [0.4, 0.5) is 5.82 Å². The van der Waals surface area contributed by atoms with Gasteiger partial charge in [0.25, 0.3) is 0 Å². The van der Waals surface area contributed by atoms with Crippen LogP contribution in [0.5, 0.6) is 0 Å². The third kappa shape index (κ3) is 6.45. The van der Waals surface area contributed by atoms with Crippen LogP contribution >= 0.6 is 0 Å². The second-order valence-corrected chi connectivity index (χ2v) is 6.54. The highest BCUT2D eigenvalue weighted by atomic mass is 16.1. The highest BCUT2D eigenvalue weighted by Gasteiger charge is 2.15. The second kappa shape index (κ2) is 10.3. The van der Waals surface area contributed by atoms with E-state index in [4.69, 9.17) is 5.73 Å². The number of nitrogens with one attached hydrogen (secondary N) is 1. The maximum absolute atomic E-state index is 11.9. The maximum atomic E-state index is 11.9. The van der Waals surface area contributed by atoms with Crippen LogP contribution < -0.4 is 16.0 Å². The van der Waals surface area contributed by atoms with Gasteiger partial charge in [-0.15, -0.1) is 0 Å². The molecular formula is C18H31N5O. The van der Waals surface area contributed by atoms with Gasteiger partial charge in [0.2, 0.25) is 5.91 Å². The number of amides is 1. The summed E-state index contributed by atoms with van der Waals surface area (Å²) in [7, 11) is 2.15. The Hall–Kier alpha value is -1.66. The Morgan fingerprint density at radius 2 is 1.96 bits per heavy atom. The average Bonchev–Trinajstić information content (AvgIpc) is 2.61. The summed E-state index contributed by atoms with van der Waals surface area (Å²) in [5.74, 6) is 1.14. The van der Waals surface area contributed by atoms with E-state index in [2.05, 4.69) is 33.2 Å². The fourth-order valence-electron chi connectivity index (χ4n) is 2.85. The van der Waals surface area contributed by atoms with E-state index in [0.717, 1.165) is 69.8 Å². The minimum absolute atomic E-state index is 0.126. The summed E-state index contributed by atoms with van der Waals surface area (Å²) in [5, 5.41) is 3.01. The zero-order chi connectivity index (χ0) is 17.2. The number of carbonyl (C=O) groups is 1. The molecule has 24 heavy (non-hydrogen) atoms. The van der Waals surface area contributed by atoms with Crippen LogP contribution in [0.2, 0.25) is 0 Å². The second-order valence-electron chi connectivity index (χ2n) is 6.54. The third-order valence-electron chi connectivity index (χ3n) is 4.48. The Morgan fingerprint density at radius 3 is 2.71 bits per heavy atom. The molecule has 0 saturated carbocycles. The first-order valence-electron chi connectivity index (χ1n) is 9.04. The molecule has 1 aromatic rings. The molecule has 1 saturated heterocycles. The number of nitrogens with zero attached hydrogens (tertiary/aromatic N) is 3. The number of likely N-dealkylation sites (N-methyl/N-ethyl adjacent to an activating group) is 1. The molecule has 6 heteroatoms. The van der Waals surface area contributed by atoms with Crippen molar-refractivity contribution in [1.82, 2.24) is 15.2 Å². The van der Waals surface area contributed by atoms with Gasteiger partial charge in [-0.05, 0) is 44.1 Å². The van der Waals surface area contributed by atoms with Crippen molar-refractivity contribution in [3.8, 4) is 0 Å². The van der Waals surface area contributed by atoms with Gasteiger partial charge in [0, 0.05) is 45.3 Å². The first kappa shape index (κ1) is 18.7. The van der Waals surface area contributed by atoms with Gasteiger partial charge in [-0.1, -0.05) is 12.8 Å². The van der Waals surface area contributed by atoms with E-state index < -0.39 is 0 Å². The Labute approximate surface area is 145 Å². The lowest BCUT2D eigenvalue weighted by Gasteiger charge is -2.33. The molecule has 3 N–H and O–H groups in total. The predicted molar refractivity (Wildman–Crippen MR) is 97.9 cm³/mol. The minimum Gasteiger partial charge on any atom is -0.354 e. The van der Waals surface area contributed by atoms with Crippen LogP contribution in [-0.4, -0.2) is 55.6 Å². The zero-order valence-electron chi connectivity index (χ0n) is 14.8. The molecule has 1 aromatic heterocycles. The molecule has 1 aliphatic heterocycles. The molecular weight excluding hydrogens is 302 g/mol. The van der Waals surface area contributed by atoms with E-state index in [-0.39, 0.29) is 5.91 Å². The van der Waals surface area contributed by atoms with E-state index >= 15 is 0 Å². The first-order chi connectivity index (χ1) is 11.7. The van der Waals surface area contributed by atoms with Crippen LogP contribution in [0.1, 0.15) is 37.7 Å². The van der Waals surface area contributed by atoms with Crippen molar-refractivity contribution in [2.45, 2.75) is 38.6 Å². The Kier molecular flexibility index (Phi) is 7.98. The standard InChI is InChI=1S/C18H31N5O/c1-22-10-12-23(13-11-22)17-14-16(7-9-20-17)15-21-18(24)6-4-2-3-5-8-19/h7,9,14H,2-6,8,10-13,15,19H2,1H3,(H,21,24). The van der Waals surface area contributed by atoms with E-state index in [0.29, 0.717) is 13.0 Å². The molecule has 0 atom stereocenters. The molecule has 1 aliphatic rings. The molecule has 0 bridgehead atoms. The van der Waals surface area contributed by atoms with Gasteiger partial charge in [0.15, 0.2) is 0 Å². The fraction of sp³-hybridized carbons (Fsp3) is 0.667. The largest absolute Gasteiger partial charge is 0.354 e. The molecule has 0 aliphatic carbocycles. The quantitative estimate of drug-likeness (QED) is 0.668. The van der Waals surface area contributed by atoms with E-state index in [1.807, 2.05) is 12.3 Å². The lowest BCUT2D eigenvalue weighted by atomic mass is 10.1. The Balaban J connectivity index is 1.72. The number of rotatable bonds is 9. The number of hydrogen-bond acceptors (Lipinski definition) is 5. The molecule has 0 spiro atoms. The van der Waals surface area contributed by atoms with Gasteiger partial charge < -0.3 is 20.9 Å². The predicted octanol–water partition coefficient (Wildman–Crippen LogP) is 1.36. The molecule has 0 radical (unpaired) electrons. The summed E-state index contributed by atoms with van der Waals surface area (Å²) in [5.41, 5.74) is 6.57. The van der Waals surface area contributed by atoms with Crippen molar-refractivity contribution >= 4 is 11.7 Å².